The predicted octanol–water partition coefficient (Wildman–Crippen LogP) is 4.14. The highest BCUT2D eigenvalue weighted by Gasteiger charge is 2.13. The van der Waals surface area contributed by atoms with Gasteiger partial charge in [0.25, 0.3) is 0 Å². The van der Waals surface area contributed by atoms with E-state index in [-0.39, 0.29) is 0 Å². The summed E-state index contributed by atoms with van der Waals surface area (Å²) in [5, 5.41) is 3.34. The van der Waals surface area contributed by atoms with E-state index in [1.807, 2.05) is 26.0 Å². The molecule has 0 aliphatic heterocycles. The monoisotopic (exact) mass is 396 g/mol. The molecule has 0 saturated carbocycles. The number of pyridine rings is 1. The van der Waals surface area contributed by atoms with Gasteiger partial charge in [0.15, 0.2) is 5.82 Å². The van der Waals surface area contributed by atoms with E-state index in [4.69, 9.17) is 9.97 Å². The van der Waals surface area contributed by atoms with Gasteiger partial charge in [-0.3, -0.25) is 4.98 Å². The van der Waals surface area contributed by atoms with Gasteiger partial charge in [0.1, 0.15) is 5.82 Å². The third-order valence-electron chi connectivity index (χ3n) is 3.09. The molecule has 4 nitrogen and oxygen atoms in total. The van der Waals surface area contributed by atoms with Crippen LogP contribution in [0.3, 0.4) is 0 Å². The molecule has 1 N–H and O–H groups in total. The highest BCUT2D eigenvalue weighted by molar-refractivity contribution is 14.1. The highest BCUT2D eigenvalue weighted by atomic mass is 127. The number of halogens is 1. The van der Waals surface area contributed by atoms with E-state index in [1.54, 1.807) is 0 Å². The smallest absolute Gasteiger partial charge is 0.161 e. The molecule has 2 aromatic heterocycles. The summed E-state index contributed by atoms with van der Waals surface area (Å²) in [5.74, 6) is 1.71. The Kier molecular flexibility index (Phi) is 5.50. The van der Waals surface area contributed by atoms with Crippen LogP contribution in [0, 0.1) is 17.4 Å². The maximum absolute atomic E-state index is 4.77. The van der Waals surface area contributed by atoms with Crippen LogP contribution in [0.15, 0.2) is 12.1 Å². The molecule has 0 fully saturated rings. The lowest BCUT2D eigenvalue weighted by atomic mass is 10.1. The third-order valence-corrected chi connectivity index (χ3v) is 4.22. The molecule has 0 radical (unpaired) electrons. The van der Waals surface area contributed by atoms with E-state index in [0.717, 1.165) is 57.2 Å². The number of hydrogen-bond acceptors (Lipinski definition) is 4. The molecule has 0 aliphatic rings. The molecule has 0 amide bonds. The Morgan fingerprint density at radius 2 is 1.71 bits per heavy atom. The SMILES string of the molecule is CCCc1nc(-c2cc(C)nc(C)c2)nc(NCC)c1I. The molecule has 0 bridgehead atoms. The second-order valence-corrected chi connectivity index (χ2v) is 6.15. The van der Waals surface area contributed by atoms with Crippen LogP contribution in [0.4, 0.5) is 5.82 Å². The zero-order chi connectivity index (χ0) is 15.4. The average Bonchev–Trinajstić information content (AvgIpc) is 2.42. The van der Waals surface area contributed by atoms with Crippen molar-refractivity contribution >= 4 is 28.4 Å². The zero-order valence-corrected chi connectivity index (χ0v) is 15.2. The van der Waals surface area contributed by atoms with Crippen LogP contribution in [0.5, 0.6) is 0 Å². The summed E-state index contributed by atoms with van der Waals surface area (Å²) < 4.78 is 1.13. The minimum absolute atomic E-state index is 0.781. The predicted molar refractivity (Wildman–Crippen MR) is 95.6 cm³/mol. The summed E-state index contributed by atoms with van der Waals surface area (Å²) in [6, 6.07) is 4.08. The Hall–Kier alpha value is -1.24. The molecule has 112 valence electrons. The van der Waals surface area contributed by atoms with Crippen molar-refractivity contribution in [3.8, 4) is 11.4 Å². The molecule has 0 aromatic carbocycles. The maximum atomic E-state index is 4.77. The van der Waals surface area contributed by atoms with Crippen LogP contribution in [-0.4, -0.2) is 21.5 Å². The molecule has 2 aromatic rings. The average molecular weight is 396 g/mol. The van der Waals surface area contributed by atoms with Crippen LogP contribution in [0.25, 0.3) is 11.4 Å². The van der Waals surface area contributed by atoms with Crippen molar-refractivity contribution in [2.75, 3.05) is 11.9 Å². The minimum Gasteiger partial charge on any atom is -0.369 e. The van der Waals surface area contributed by atoms with Crippen LogP contribution < -0.4 is 5.32 Å². The summed E-state index contributed by atoms with van der Waals surface area (Å²) in [4.78, 5) is 13.9. The van der Waals surface area contributed by atoms with Crippen LogP contribution in [0.1, 0.15) is 37.4 Å². The summed E-state index contributed by atoms with van der Waals surface area (Å²) in [7, 11) is 0. The van der Waals surface area contributed by atoms with Crippen molar-refractivity contribution in [2.24, 2.45) is 0 Å². The van der Waals surface area contributed by atoms with Gasteiger partial charge in [0, 0.05) is 23.5 Å². The Bertz CT molecular complexity index is 593. The standard InChI is InChI=1S/C16H21IN4/c1-5-7-13-14(17)16(18-6-2)21-15(20-13)12-8-10(3)19-11(4)9-12/h8-9H,5-7H2,1-4H3,(H,18,20,21). The van der Waals surface area contributed by atoms with E-state index in [9.17, 15) is 0 Å². The topological polar surface area (TPSA) is 50.7 Å². The molecule has 2 rings (SSSR count). The number of aryl methyl sites for hydroxylation is 3. The summed E-state index contributed by atoms with van der Waals surface area (Å²) >= 11 is 2.34. The van der Waals surface area contributed by atoms with E-state index >= 15 is 0 Å². The van der Waals surface area contributed by atoms with Gasteiger partial charge in [-0.15, -0.1) is 0 Å². The van der Waals surface area contributed by atoms with Gasteiger partial charge in [-0.1, -0.05) is 13.3 Å². The van der Waals surface area contributed by atoms with Crippen LogP contribution in [-0.2, 0) is 6.42 Å². The summed E-state index contributed by atoms with van der Waals surface area (Å²) in [5.41, 5.74) is 4.14. The van der Waals surface area contributed by atoms with Gasteiger partial charge in [-0.2, -0.15) is 0 Å². The first-order valence-electron chi connectivity index (χ1n) is 7.31. The number of anilines is 1. The fourth-order valence-corrected chi connectivity index (χ4v) is 2.97. The molecular formula is C16H21IN4. The minimum atomic E-state index is 0.781. The van der Waals surface area contributed by atoms with Crippen molar-refractivity contribution in [1.82, 2.24) is 15.0 Å². The molecule has 21 heavy (non-hydrogen) atoms. The van der Waals surface area contributed by atoms with Crippen molar-refractivity contribution < 1.29 is 0 Å². The number of nitrogens with zero attached hydrogens (tertiary/aromatic N) is 3. The first-order valence-corrected chi connectivity index (χ1v) is 8.39. The quantitative estimate of drug-likeness (QED) is 0.772. The number of aromatic nitrogens is 3. The molecule has 0 spiro atoms. The number of rotatable bonds is 5. The molecule has 0 saturated heterocycles. The lowest BCUT2D eigenvalue weighted by Crippen LogP contribution is -2.08. The Labute approximate surface area is 140 Å². The Morgan fingerprint density at radius 3 is 2.29 bits per heavy atom. The Morgan fingerprint density at radius 1 is 1.05 bits per heavy atom. The van der Waals surface area contributed by atoms with E-state index in [2.05, 4.69) is 46.7 Å². The van der Waals surface area contributed by atoms with Crippen molar-refractivity contribution in [3.05, 3.63) is 32.8 Å². The van der Waals surface area contributed by atoms with E-state index in [0.29, 0.717) is 0 Å². The van der Waals surface area contributed by atoms with Gasteiger partial charge >= 0.3 is 0 Å². The molecule has 0 atom stereocenters. The molecule has 0 unspecified atom stereocenters. The second-order valence-electron chi connectivity index (χ2n) is 5.08. The summed E-state index contributed by atoms with van der Waals surface area (Å²) in [6.07, 6.45) is 2.04. The third kappa shape index (κ3) is 3.90. The fraction of sp³-hybridized carbons (Fsp3) is 0.438. The zero-order valence-electron chi connectivity index (χ0n) is 13.0. The van der Waals surface area contributed by atoms with Crippen LogP contribution >= 0.6 is 22.6 Å². The number of hydrogen-bond donors (Lipinski definition) is 1. The van der Waals surface area contributed by atoms with Crippen molar-refractivity contribution in [3.63, 3.8) is 0 Å². The highest BCUT2D eigenvalue weighted by Crippen LogP contribution is 2.25. The largest absolute Gasteiger partial charge is 0.369 e. The lowest BCUT2D eigenvalue weighted by molar-refractivity contribution is 0.866. The molecule has 5 heteroatoms. The maximum Gasteiger partial charge on any atom is 0.161 e. The molecule has 2 heterocycles. The van der Waals surface area contributed by atoms with Gasteiger partial charge in [0.2, 0.25) is 0 Å². The van der Waals surface area contributed by atoms with Gasteiger partial charge in [0.05, 0.1) is 9.26 Å². The van der Waals surface area contributed by atoms with E-state index < -0.39 is 0 Å². The van der Waals surface area contributed by atoms with E-state index in [1.165, 1.54) is 0 Å². The summed E-state index contributed by atoms with van der Waals surface area (Å²) in [6.45, 7) is 9.11. The number of nitrogens with one attached hydrogen (secondary N) is 1. The van der Waals surface area contributed by atoms with Gasteiger partial charge in [-0.05, 0) is 61.9 Å². The molecule has 0 aliphatic carbocycles. The van der Waals surface area contributed by atoms with Crippen molar-refractivity contribution in [2.45, 2.75) is 40.5 Å². The lowest BCUT2D eigenvalue weighted by Gasteiger charge is -2.12. The second kappa shape index (κ2) is 7.15. The van der Waals surface area contributed by atoms with Gasteiger partial charge < -0.3 is 5.32 Å². The first kappa shape index (κ1) is 16.1. The van der Waals surface area contributed by atoms with Gasteiger partial charge in [-0.25, -0.2) is 9.97 Å². The normalized spacial score (nSPS) is 10.7. The van der Waals surface area contributed by atoms with Crippen molar-refractivity contribution in [1.29, 1.82) is 0 Å². The first-order chi connectivity index (χ1) is 10.0. The fourth-order valence-electron chi connectivity index (χ4n) is 2.27. The Balaban J connectivity index is 2.56. The van der Waals surface area contributed by atoms with Crippen LogP contribution in [0.2, 0.25) is 0 Å². The molecular weight excluding hydrogens is 375 g/mol.